The molecule has 0 bridgehead atoms. The number of hydrogen-bond donors (Lipinski definition) is 2. The van der Waals surface area contributed by atoms with Crippen LogP contribution in [0.4, 0.5) is 15.3 Å². The van der Waals surface area contributed by atoms with E-state index in [9.17, 15) is 19.5 Å². The minimum atomic E-state index is -1.20. The van der Waals surface area contributed by atoms with Gasteiger partial charge in [0.25, 0.3) is 5.91 Å². The molecule has 2 saturated heterocycles. The highest BCUT2D eigenvalue weighted by Crippen LogP contribution is 2.44. The molecule has 3 aromatic carbocycles. The second kappa shape index (κ2) is 14.4. The van der Waals surface area contributed by atoms with Crippen LogP contribution in [0.25, 0.3) is 11.1 Å². The number of nitrogens with one attached hydrogen (secondary N) is 1. The smallest absolute Gasteiger partial charge is 0.413 e. The first-order valence-electron chi connectivity index (χ1n) is 17.1. The largest absolute Gasteiger partial charge is 0.465 e. The van der Waals surface area contributed by atoms with E-state index in [1.54, 1.807) is 24.3 Å². The standard InChI is InChI=1S/C38H45N3O7/c1-4-6-11-25-15-17-31-30-18-16-28(21-27(30)22-32(31)29(25)14-7-5-2)41(37(44)45)33-23-38(47-19-20-48-38)24-40(33)35(42)34(39-36(43)46-3)26-12-9-8-10-13-26/h8-10,12-13,15-18,21,33-34H,4-7,11,14,19-20,22-24H2,1-3H3,(H,39,43)(H,44,45). The second-order valence-electron chi connectivity index (χ2n) is 12.8. The van der Waals surface area contributed by atoms with Gasteiger partial charge in [0, 0.05) is 12.1 Å². The molecule has 0 radical (unpaired) electrons. The van der Waals surface area contributed by atoms with Gasteiger partial charge >= 0.3 is 12.2 Å². The average molecular weight is 656 g/mol. The number of fused-ring (bicyclic) bond motifs is 3. The third-order valence-electron chi connectivity index (χ3n) is 9.83. The number of ether oxygens (including phenoxy) is 3. The van der Waals surface area contributed by atoms with Gasteiger partial charge in [0.05, 0.1) is 26.9 Å². The van der Waals surface area contributed by atoms with Gasteiger partial charge in [-0.3, -0.25) is 9.69 Å². The number of carbonyl (C=O) groups excluding carboxylic acids is 2. The Morgan fingerprint density at radius 1 is 1.00 bits per heavy atom. The van der Waals surface area contributed by atoms with Crippen LogP contribution in [-0.2, 0) is 38.3 Å². The number of rotatable bonds is 11. The molecular weight excluding hydrogens is 610 g/mol. The van der Waals surface area contributed by atoms with E-state index in [0.717, 1.165) is 56.1 Å². The van der Waals surface area contributed by atoms with Gasteiger partial charge in [0.15, 0.2) is 5.79 Å². The molecule has 0 saturated carbocycles. The molecule has 2 aliphatic heterocycles. The molecule has 6 rings (SSSR count). The lowest BCUT2D eigenvalue weighted by Gasteiger charge is -2.35. The summed E-state index contributed by atoms with van der Waals surface area (Å²) in [6, 6.07) is 18.0. The predicted octanol–water partition coefficient (Wildman–Crippen LogP) is 6.83. The van der Waals surface area contributed by atoms with Crippen LogP contribution >= 0.6 is 0 Å². The molecule has 3 amide bonds. The first kappa shape index (κ1) is 33.5. The van der Waals surface area contributed by atoms with Crippen molar-refractivity contribution in [2.45, 2.75) is 83.2 Å². The van der Waals surface area contributed by atoms with Crippen molar-refractivity contribution in [1.82, 2.24) is 10.2 Å². The number of anilines is 1. The van der Waals surface area contributed by atoms with E-state index < -0.39 is 36.1 Å². The van der Waals surface area contributed by atoms with Crippen molar-refractivity contribution in [3.63, 3.8) is 0 Å². The number of carbonyl (C=O) groups is 3. The molecule has 2 N–H and O–H groups in total. The maximum atomic E-state index is 14.4. The highest BCUT2D eigenvalue weighted by atomic mass is 16.7. The van der Waals surface area contributed by atoms with Crippen LogP contribution in [0.1, 0.15) is 79.8 Å². The van der Waals surface area contributed by atoms with E-state index in [2.05, 4.69) is 31.3 Å². The quantitative estimate of drug-likeness (QED) is 0.182. The van der Waals surface area contributed by atoms with Crippen molar-refractivity contribution in [3.8, 4) is 11.1 Å². The zero-order chi connectivity index (χ0) is 33.8. The number of hydrogen-bond acceptors (Lipinski definition) is 6. The minimum Gasteiger partial charge on any atom is -0.465 e. The number of aryl methyl sites for hydroxylation is 1. The SMILES string of the molecule is CCCCc1ccc2c(c1CCCC)Cc1cc(N(C(=O)O)C3CC4(CN3C(=O)C(NC(=O)OC)c3ccccc3)OCCO4)ccc1-2. The fourth-order valence-corrected chi connectivity index (χ4v) is 7.46. The number of likely N-dealkylation sites (tertiary alicyclic amines) is 1. The zero-order valence-electron chi connectivity index (χ0n) is 28.0. The fourth-order valence-electron chi connectivity index (χ4n) is 7.46. The first-order valence-corrected chi connectivity index (χ1v) is 17.1. The summed E-state index contributed by atoms with van der Waals surface area (Å²) in [4.78, 5) is 42.7. The Hall–Kier alpha value is -4.41. The third-order valence-corrected chi connectivity index (χ3v) is 9.83. The van der Waals surface area contributed by atoms with Gasteiger partial charge in [-0.1, -0.05) is 75.2 Å². The van der Waals surface area contributed by atoms with E-state index in [-0.39, 0.29) is 13.0 Å². The Balaban J connectivity index is 1.36. The number of benzene rings is 3. The molecule has 254 valence electrons. The summed E-state index contributed by atoms with van der Waals surface area (Å²) < 4.78 is 16.9. The summed E-state index contributed by atoms with van der Waals surface area (Å²) in [5.41, 5.74) is 8.59. The monoisotopic (exact) mass is 655 g/mol. The van der Waals surface area contributed by atoms with Crippen molar-refractivity contribution in [3.05, 3.63) is 88.5 Å². The van der Waals surface area contributed by atoms with Crippen LogP contribution in [0, 0.1) is 0 Å². The van der Waals surface area contributed by atoms with Gasteiger partial charge in [0.1, 0.15) is 12.2 Å². The van der Waals surface area contributed by atoms with Gasteiger partial charge in [-0.05, 0) is 83.2 Å². The summed E-state index contributed by atoms with van der Waals surface area (Å²) in [6.45, 7) is 5.11. The predicted molar refractivity (Wildman–Crippen MR) is 182 cm³/mol. The van der Waals surface area contributed by atoms with Crippen molar-refractivity contribution in [2.75, 3.05) is 31.8 Å². The van der Waals surface area contributed by atoms with E-state index >= 15 is 0 Å². The van der Waals surface area contributed by atoms with Crippen molar-refractivity contribution in [2.24, 2.45) is 0 Å². The summed E-state index contributed by atoms with van der Waals surface area (Å²) in [6.07, 6.45) is 4.53. The number of carboxylic acid groups (broad SMARTS) is 1. The zero-order valence-corrected chi connectivity index (χ0v) is 28.0. The lowest BCUT2D eigenvalue weighted by atomic mass is 9.90. The van der Waals surface area contributed by atoms with Crippen molar-refractivity contribution in [1.29, 1.82) is 0 Å². The number of methoxy groups -OCH3 is 1. The lowest BCUT2D eigenvalue weighted by Crippen LogP contribution is -2.53. The number of unbranched alkanes of at least 4 members (excludes halogenated alkanes) is 2. The summed E-state index contributed by atoms with van der Waals surface area (Å²) >= 11 is 0. The lowest BCUT2D eigenvalue weighted by molar-refractivity contribution is -0.153. The third kappa shape index (κ3) is 6.51. The molecule has 2 unspecified atom stereocenters. The summed E-state index contributed by atoms with van der Waals surface area (Å²) in [7, 11) is 1.23. The summed E-state index contributed by atoms with van der Waals surface area (Å²) in [5.74, 6) is -1.65. The molecule has 3 aromatic rings. The van der Waals surface area contributed by atoms with Gasteiger partial charge in [0.2, 0.25) is 0 Å². The molecule has 3 aliphatic rings. The molecule has 0 aromatic heterocycles. The Morgan fingerprint density at radius 2 is 1.71 bits per heavy atom. The first-order chi connectivity index (χ1) is 23.3. The normalized spacial score (nSPS) is 18.0. The molecule has 10 heteroatoms. The fraction of sp³-hybridized carbons (Fsp3) is 0.447. The van der Waals surface area contributed by atoms with Crippen LogP contribution in [0.15, 0.2) is 60.7 Å². The van der Waals surface area contributed by atoms with Crippen LogP contribution in [0.2, 0.25) is 0 Å². The Morgan fingerprint density at radius 3 is 2.40 bits per heavy atom. The Kier molecular flexibility index (Phi) is 10.0. The van der Waals surface area contributed by atoms with Crippen LogP contribution in [0.3, 0.4) is 0 Å². The Labute approximate surface area is 282 Å². The maximum absolute atomic E-state index is 14.4. The molecular formula is C38H45N3O7. The van der Waals surface area contributed by atoms with Gasteiger partial charge in [-0.15, -0.1) is 0 Å². The van der Waals surface area contributed by atoms with E-state index in [4.69, 9.17) is 14.2 Å². The maximum Gasteiger partial charge on any atom is 0.413 e. The van der Waals surface area contributed by atoms with Gasteiger partial charge in [-0.2, -0.15) is 0 Å². The Bertz CT molecular complexity index is 1650. The molecule has 10 nitrogen and oxygen atoms in total. The highest BCUT2D eigenvalue weighted by Gasteiger charge is 2.54. The molecule has 48 heavy (non-hydrogen) atoms. The average Bonchev–Trinajstić information content (AvgIpc) is 3.82. The van der Waals surface area contributed by atoms with Gasteiger partial charge in [-0.25, -0.2) is 9.59 Å². The molecule has 2 fully saturated rings. The van der Waals surface area contributed by atoms with Crippen molar-refractivity contribution >= 4 is 23.8 Å². The molecule has 1 spiro atoms. The number of alkyl carbamates (subject to hydrolysis) is 1. The van der Waals surface area contributed by atoms with Crippen LogP contribution < -0.4 is 10.2 Å². The van der Waals surface area contributed by atoms with Crippen molar-refractivity contribution < 1.29 is 33.7 Å². The molecule has 2 atom stereocenters. The van der Waals surface area contributed by atoms with Gasteiger partial charge < -0.3 is 29.5 Å². The van der Waals surface area contributed by atoms with E-state index in [1.807, 2.05) is 24.3 Å². The minimum absolute atomic E-state index is 0.00414. The second-order valence-corrected chi connectivity index (χ2v) is 12.8. The van der Waals surface area contributed by atoms with E-state index in [0.29, 0.717) is 24.5 Å². The highest BCUT2D eigenvalue weighted by molar-refractivity contribution is 5.92. The molecule has 1 aliphatic carbocycles. The van der Waals surface area contributed by atoms with Crippen LogP contribution in [0.5, 0.6) is 0 Å². The van der Waals surface area contributed by atoms with Crippen LogP contribution in [-0.4, -0.2) is 66.9 Å². The molecule has 2 heterocycles. The number of nitrogens with zero attached hydrogens (tertiary/aromatic N) is 2. The summed E-state index contributed by atoms with van der Waals surface area (Å²) in [5, 5.41) is 13.4. The number of amides is 3. The topological polar surface area (TPSA) is 118 Å². The van der Waals surface area contributed by atoms with E-state index in [1.165, 1.54) is 39.2 Å².